The maximum Gasteiger partial charge on any atom is 0.183 e. The van der Waals surface area contributed by atoms with Crippen LogP contribution in [0, 0.1) is 0 Å². The van der Waals surface area contributed by atoms with E-state index in [4.69, 9.17) is 9.72 Å². The molecule has 0 radical (unpaired) electrons. The maximum absolute atomic E-state index is 10.0. The molecule has 7 nitrogen and oxygen atoms in total. The molecule has 0 saturated heterocycles. The van der Waals surface area contributed by atoms with Gasteiger partial charge in [0.25, 0.3) is 0 Å². The average molecular weight is 429 g/mol. The maximum atomic E-state index is 10.0. The molecule has 0 aliphatic carbocycles. The van der Waals surface area contributed by atoms with Gasteiger partial charge in [0.05, 0.1) is 42.8 Å². The number of nitrogens with one attached hydrogen (secondary N) is 1. The number of fused-ring (bicyclic) bond motifs is 3. The SMILES string of the molecule is CC(C)(O)Cn1cc(-c2ccc3c(c2)OCCc2sc(NC(C)(C)CO)nc2-3)cn1. The number of aliphatic hydroxyl groups excluding tert-OH is 1. The second-order valence-electron chi connectivity index (χ2n) is 9.01. The number of hydrogen-bond acceptors (Lipinski definition) is 7. The third kappa shape index (κ3) is 4.50. The van der Waals surface area contributed by atoms with Gasteiger partial charge < -0.3 is 20.3 Å². The number of hydrogen-bond donors (Lipinski definition) is 3. The van der Waals surface area contributed by atoms with Crippen molar-refractivity contribution in [2.45, 2.75) is 51.8 Å². The zero-order chi connectivity index (χ0) is 21.5. The minimum Gasteiger partial charge on any atom is -0.492 e. The van der Waals surface area contributed by atoms with Crippen molar-refractivity contribution in [1.82, 2.24) is 14.8 Å². The lowest BCUT2D eigenvalue weighted by atomic mass is 10.0. The number of aromatic nitrogens is 3. The summed E-state index contributed by atoms with van der Waals surface area (Å²) in [5.41, 5.74) is 2.64. The minimum atomic E-state index is -0.822. The number of benzene rings is 1. The number of aliphatic hydroxyl groups is 2. The molecule has 1 aliphatic heterocycles. The summed E-state index contributed by atoms with van der Waals surface area (Å²) in [5, 5.41) is 28.0. The van der Waals surface area contributed by atoms with Crippen LogP contribution in [0.3, 0.4) is 0 Å². The number of ether oxygens (including phenoxy) is 1. The normalized spacial score (nSPS) is 13.9. The smallest absolute Gasteiger partial charge is 0.183 e. The lowest BCUT2D eigenvalue weighted by Gasteiger charge is -2.22. The van der Waals surface area contributed by atoms with Gasteiger partial charge in [-0.05, 0) is 45.4 Å². The molecule has 160 valence electrons. The second-order valence-corrected chi connectivity index (χ2v) is 10.1. The lowest BCUT2D eigenvalue weighted by molar-refractivity contribution is 0.0577. The molecule has 0 bridgehead atoms. The second kappa shape index (κ2) is 7.68. The van der Waals surface area contributed by atoms with Crippen molar-refractivity contribution in [3.8, 4) is 28.1 Å². The largest absolute Gasteiger partial charge is 0.492 e. The zero-order valence-corrected chi connectivity index (χ0v) is 18.6. The van der Waals surface area contributed by atoms with Crippen molar-refractivity contribution >= 4 is 16.5 Å². The molecule has 3 N–H and O–H groups in total. The molecule has 3 heterocycles. The van der Waals surface area contributed by atoms with Crippen LogP contribution in [0.4, 0.5) is 5.13 Å². The van der Waals surface area contributed by atoms with Crippen LogP contribution >= 0.6 is 11.3 Å². The van der Waals surface area contributed by atoms with Crippen molar-refractivity contribution < 1.29 is 14.9 Å². The first-order valence-corrected chi connectivity index (χ1v) is 10.9. The predicted octanol–water partition coefficient (Wildman–Crippen LogP) is 3.56. The molecule has 0 atom stereocenters. The first-order valence-electron chi connectivity index (χ1n) is 10.0. The number of nitrogens with zero attached hydrogens (tertiary/aromatic N) is 3. The van der Waals surface area contributed by atoms with Gasteiger partial charge in [0, 0.05) is 28.6 Å². The zero-order valence-electron chi connectivity index (χ0n) is 17.8. The van der Waals surface area contributed by atoms with Gasteiger partial charge in [0.2, 0.25) is 0 Å². The topological polar surface area (TPSA) is 92.4 Å². The highest BCUT2D eigenvalue weighted by molar-refractivity contribution is 7.16. The van der Waals surface area contributed by atoms with Gasteiger partial charge in [0.15, 0.2) is 5.13 Å². The quantitative estimate of drug-likeness (QED) is 0.556. The van der Waals surface area contributed by atoms with Crippen molar-refractivity contribution in [3.05, 3.63) is 35.5 Å². The third-order valence-corrected chi connectivity index (χ3v) is 5.91. The monoisotopic (exact) mass is 428 g/mol. The summed E-state index contributed by atoms with van der Waals surface area (Å²) in [6.07, 6.45) is 4.53. The van der Waals surface area contributed by atoms with Gasteiger partial charge in [-0.25, -0.2) is 4.98 Å². The van der Waals surface area contributed by atoms with Gasteiger partial charge in [-0.1, -0.05) is 6.07 Å². The van der Waals surface area contributed by atoms with Crippen LogP contribution in [0.1, 0.15) is 32.6 Å². The van der Waals surface area contributed by atoms with Gasteiger partial charge in [-0.15, -0.1) is 11.3 Å². The first kappa shape index (κ1) is 20.8. The Labute approximate surface area is 180 Å². The molecule has 0 fully saturated rings. The average Bonchev–Trinajstić information content (AvgIpc) is 3.23. The van der Waals surface area contributed by atoms with E-state index in [0.717, 1.165) is 39.7 Å². The van der Waals surface area contributed by atoms with Crippen LogP contribution in [0.15, 0.2) is 30.6 Å². The molecule has 8 heteroatoms. The fraction of sp³-hybridized carbons (Fsp3) is 0.455. The summed E-state index contributed by atoms with van der Waals surface area (Å²) in [5.74, 6) is 0.805. The Bertz CT molecular complexity index is 1050. The lowest BCUT2D eigenvalue weighted by Crippen LogP contribution is -2.34. The summed E-state index contributed by atoms with van der Waals surface area (Å²) >= 11 is 1.61. The molecule has 0 unspecified atom stereocenters. The third-order valence-electron chi connectivity index (χ3n) is 4.88. The molecule has 0 spiro atoms. The van der Waals surface area contributed by atoms with Crippen LogP contribution in [0.2, 0.25) is 0 Å². The van der Waals surface area contributed by atoms with E-state index in [9.17, 15) is 10.2 Å². The Morgan fingerprint density at radius 3 is 2.77 bits per heavy atom. The predicted molar refractivity (Wildman–Crippen MR) is 119 cm³/mol. The minimum absolute atomic E-state index is 0.0292. The Kier molecular flexibility index (Phi) is 5.34. The van der Waals surface area contributed by atoms with Crippen molar-refractivity contribution in [1.29, 1.82) is 0 Å². The summed E-state index contributed by atoms with van der Waals surface area (Å²) in [6.45, 7) is 8.47. The summed E-state index contributed by atoms with van der Waals surface area (Å²) in [4.78, 5) is 5.98. The van der Waals surface area contributed by atoms with E-state index in [1.54, 1.807) is 36.1 Å². The fourth-order valence-corrected chi connectivity index (χ4v) is 4.52. The van der Waals surface area contributed by atoms with E-state index in [-0.39, 0.29) is 6.61 Å². The summed E-state index contributed by atoms with van der Waals surface area (Å²) in [7, 11) is 0. The van der Waals surface area contributed by atoms with E-state index in [1.165, 1.54) is 4.88 Å². The van der Waals surface area contributed by atoms with E-state index < -0.39 is 11.1 Å². The van der Waals surface area contributed by atoms with E-state index in [2.05, 4.69) is 10.4 Å². The molecule has 2 aromatic heterocycles. The highest BCUT2D eigenvalue weighted by atomic mass is 32.1. The van der Waals surface area contributed by atoms with Crippen molar-refractivity contribution in [2.24, 2.45) is 0 Å². The van der Waals surface area contributed by atoms with Gasteiger partial charge >= 0.3 is 0 Å². The van der Waals surface area contributed by atoms with Crippen LogP contribution in [-0.4, -0.2) is 49.3 Å². The van der Waals surface area contributed by atoms with Gasteiger partial charge in [-0.2, -0.15) is 5.10 Å². The Morgan fingerprint density at radius 1 is 1.23 bits per heavy atom. The fourth-order valence-electron chi connectivity index (χ4n) is 3.38. The van der Waals surface area contributed by atoms with Crippen LogP contribution in [0.25, 0.3) is 22.4 Å². The highest BCUT2D eigenvalue weighted by Gasteiger charge is 2.24. The van der Waals surface area contributed by atoms with E-state index in [0.29, 0.717) is 13.2 Å². The standard InChI is InChI=1S/C22H28N4O3S/c1-21(2,13-27)25-20-24-19-16-6-5-14(9-17(16)29-8-7-18(19)30-20)15-10-23-26(11-15)12-22(3,4)28/h5-6,9-11,27-28H,7-8,12-13H2,1-4H3,(H,24,25). The number of rotatable bonds is 6. The van der Waals surface area contributed by atoms with Crippen molar-refractivity contribution in [3.63, 3.8) is 0 Å². The summed E-state index contributed by atoms with van der Waals surface area (Å²) in [6, 6.07) is 6.12. The van der Waals surface area contributed by atoms with Gasteiger partial charge in [0.1, 0.15) is 5.75 Å². The molecule has 0 amide bonds. The highest BCUT2D eigenvalue weighted by Crippen LogP contribution is 2.41. The first-order chi connectivity index (χ1) is 14.1. The molecular formula is C22H28N4O3S. The van der Waals surface area contributed by atoms with Crippen LogP contribution in [-0.2, 0) is 13.0 Å². The van der Waals surface area contributed by atoms with Crippen molar-refractivity contribution in [2.75, 3.05) is 18.5 Å². The number of thiazole rings is 1. The van der Waals surface area contributed by atoms with E-state index >= 15 is 0 Å². The van der Waals surface area contributed by atoms with Gasteiger partial charge in [-0.3, -0.25) is 4.68 Å². The molecule has 1 aliphatic rings. The van der Waals surface area contributed by atoms with E-state index in [1.807, 2.05) is 38.2 Å². The Balaban J connectivity index is 1.64. The summed E-state index contributed by atoms with van der Waals surface area (Å²) < 4.78 is 7.79. The Morgan fingerprint density at radius 2 is 2.03 bits per heavy atom. The number of anilines is 1. The molecule has 1 aromatic carbocycles. The molecule has 4 rings (SSSR count). The molecular weight excluding hydrogens is 400 g/mol. The molecule has 0 saturated carbocycles. The van der Waals surface area contributed by atoms with Crippen LogP contribution < -0.4 is 10.1 Å². The molecule has 3 aromatic rings. The molecule has 30 heavy (non-hydrogen) atoms. The van der Waals surface area contributed by atoms with Crippen LogP contribution in [0.5, 0.6) is 5.75 Å². The Hall–Kier alpha value is -2.42.